The number of rotatable bonds is 6. The standard InChI is InChI=1S/C13H22N2O4S/c1-8(2)9(3)14-13(16)7-20(17,18)6-12-10(4)15-19-11(12)5/h8-9H,6-7H2,1-5H3,(H,14,16). The first-order valence-corrected chi connectivity index (χ1v) is 8.36. The molecule has 0 bridgehead atoms. The quantitative estimate of drug-likeness (QED) is 0.857. The van der Waals surface area contributed by atoms with Crippen LogP contribution in [0.2, 0.25) is 0 Å². The molecule has 1 rings (SSSR count). The largest absolute Gasteiger partial charge is 0.361 e. The van der Waals surface area contributed by atoms with Crippen molar-refractivity contribution < 1.29 is 17.7 Å². The molecule has 0 fully saturated rings. The van der Waals surface area contributed by atoms with Gasteiger partial charge in [-0.1, -0.05) is 19.0 Å². The Bertz CT molecular complexity index is 556. The number of sulfone groups is 1. The molecule has 0 aliphatic heterocycles. The van der Waals surface area contributed by atoms with Crippen LogP contribution in [0.3, 0.4) is 0 Å². The molecule has 1 aromatic heterocycles. The van der Waals surface area contributed by atoms with Crippen LogP contribution in [0.15, 0.2) is 4.52 Å². The van der Waals surface area contributed by atoms with Gasteiger partial charge in [0.15, 0.2) is 9.84 Å². The van der Waals surface area contributed by atoms with Gasteiger partial charge in [0.05, 0.1) is 11.4 Å². The van der Waals surface area contributed by atoms with E-state index in [4.69, 9.17) is 4.52 Å². The highest BCUT2D eigenvalue weighted by Gasteiger charge is 2.23. The predicted molar refractivity (Wildman–Crippen MR) is 75.9 cm³/mol. The van der Waals surface area contributed by atoms with Gasteiger partial charge in [0, 0.05) is 11.6 Å². The number of amides is 1. The van der Waals surface area contributed by atoms with E-state index in [0.29, 0.717) is 17.0 Å². The topological polar surface area (TPSA) is 89.3 Å². The summed E-state index contributed by atoms with van der Waals surface area (Å²) in [6, 6.07) is -0.0586. The highest BCUT2D eigenvalue weighted by atomic mass is 32.2. The van der Waals surface area contributed by atoms with E-state index in [1.165, 1.54) is 0 Å². The van der Waals surface area contributed by atoms with Crippen molar-refractivity contribution in [2.45, 2.75) is 46.4 Å². The number of hydrogen-bond donors (Lipinski definition) is 1. The van der Waals surface area contributed by atoms with Gasteiger partial charge >= 0.3 is 0 Å². The Labute approximate surface area is 119 Å². The molecule has 1 aromatic rings. The molecule has 1 unspecified atom stereocenters. The van der Waals surface area contributed by atoms with Crippen LogP contribution in [0.5, 0.6) is 0 Å². The van der Waals surface area contributed by atoms with Crippen LogP contribution in [0.1, 0.15) is 37.8 Å². The van der Waals surface area contributed by atoms with E-state index >= 15 is 0 Å². The number of aromatic nitrogens is 1. The average molecular weight is 302 g/mol. The summed E-state index contributed by atoms with van der Waals surface area (Å²) >= 11 is 0. The van der Waals surface area contributed by atoms with Gasteiger partial charge in [-0.3, -0.25) is 4.79 Å². The van der Waals surface area contributed by atoms with Gasteiger partial charge in [-0.25, -0.2) is 8.42 Å². The molecule has 0 saturated carbocycles. The second-order valence-corrected chi connectivity index (χ2v) is 7.50. The molecular formula is C13H22N2O4S. The minimum Gasteiger partial charge on any atom is -0.361 e. The fraction of sp³-hybridized carbons (Fsp3) is 0.692. The number of aryl methyl sites for hydroxylation is 2. The van der Waals surface area contributed by atoms with E-state index < -0.39 is 21.5 Å². The highest BCUT2D eigenvalue weighted by molar-refractivity contribution is 7.91. The lowest BCUT2D eigenvalue weighted by atomic mass is 10.1. The highest BCUT2D eigenvalue weighted by Crippen LogP contribution is 2.16. The minimum atomic E-state index is -3.53. The van der Waals surface area contributed by atoms with Gasteiger partial charge in [0.2, 0.25) is 5.91 Å². The van der Waals surface area contributed by atoms with E-state index in [0.717, 1.165) is 0 Å². The Morgan fingerprint density at radius 1 is 1.30 bits per heavy atom. The van der Waals surface area contributed by atoms with E-state index in [9.17, 15) is 13.2 Å². The molecule has 0 radical (unpaired) electrons. The Morgan fingerprint density at radius 3 is 2.35 bits per heavy atom. The lowest BCUT2D eigenvalue weighted by Gasteiger charge is -2.17. The van der Waals surface area contributed by atoms with Crippen molar-refractivity contribution in [2.75, 3.05) is 5.75 Å². The predicted octanol–water partition coefficient (Wildman–Crippen LogP) is 1.37. The Hall–Kier alpha value is -1.37. The zero-order valence-corrected chi connectivity index (χ0v) is 13.4. The Balaban J connectivity index is 2.69. The normalized spacial score (nSPS) is 13.5. The molecule has 1 heterocycles. The third-order valence-electron chi connectivity index (χ3n) is 3.29. The molecule has 7 heteroatoms. The number of carbonyl (C=O) groups is 1. The van der Waals surface area contributed by atoms with Crippen molar-refractivity contribution in [1.29, 1.82) is 0 Å². The molecule has 0 aromatic carbocycles. The summed E-state index contributed by atoms with van der Waals surface area (Å²) in [5.41, 5.74) is 1.08. The molecule has 1 amide bonds. The van der Waals surface area contributed by atoms with Crippen molar-refractivity contribution in [2.24, 2.45) is 5.92 Å². The van der Waals surface area contributed by atoms with E-state index in [2.05, 4.69) is 10.5 Å². The maximum absolute atomic E-state index is 12.0. The first-order chi connectivity index (χ1) is 9.12. The van der Waals surface area contributed by atoms with Crippen molar-refractivity contribution in [3.63, 3.8) is 0 Å². The smallest absolute Gasteiger partial charge is 0.235 e. The molecule has 1 N–H and O–H groups in total. The minimum absolute atomic E-state index is 0.0586. The van der Waals surface area contributed by atoms with E-state index in [1.807, 2.05) is 20.8 Å². The summed E-state index contributed by atoms with van der Waals surface area (Å²) < 4.78 is 29.0. The maximum atomic E-state index is 12.0. The van der Waals surface area contributed by atoms with Crippen molar-refractivity contribution in [1.82, 2.24) is 10.5 Å². The fourth-order valence-electron chi connectivity index (χ4n) is 1.64. The summed E-state index contributed by atoms with van der Waals surface area (Å²) in [6.45, 7) is 9.12. The van der Waals surface area contributed by atoms with Crippen LogP contribution in [-0.2, 0) is 20.4 Å². The summed E-state index contributed by atoms with van der Waals surface area (Å²) in [5.74, 6) is -0.490. The zero-order chi connectivity index (χ0) is 15.5. The first-order valence-electron chi connectivity index (χ1n) is 6.54. The fourth-order valence-corrected chi connectivity index (χ4v) is 3.08. The molecule has 6 nitrogen and oxygen atoms in total. The first kappa shape index (κ1) is 16.7. The number of nitrogens with one attached hydrogen (secondary N) is 1. The average Bonchev–Trinajstić information content (AvgIpc) is 2.59. The third kappa shape index (κ3) is 4.63. The zero-order valence-electron chi connectivity index (χ0n) is 12.6. The van der Waals surface area contributed by atoms with Crippen molar-refractivity contribution in [3.8, 4) is 0 Å². The van der Waals surface area contributed by atoms with Crippen molar-refractivity contribution in [3.05, 3.63) is 17.0 Å². The lowest BCUT2D eigenvalue weighted by molar-refractivity contribution is -0.119. The monoisotopic (exact) mass is 302 g/mol. The summed E-state index contributed by atoms with van der Waals surface area (Å²) in [4.78, 5) is 11.7. The summed E-state index contributed by atoms with van der Waals surface area (Å²) in [6.07, 6.45) is 0. The van der Waals surface area contributed by atoms with Crippen LogP contribution in [0, 0.1) is 19.8 Å². The molecule has 0 saturated heterocycles. The van der Waals surface area contributed by atoms with E-state index in [1.54, 1.807) is 13.8 Å². The van der Waals surface area contributed by atoms with Gasteiger partial charge in [-0.15, -0.1) is 0 Å². The molecule has 114 valence electrons. The third-order valence-corrected chi connectivity index (χ3v) is 4.72. The number of carbonyl (C=O) groups excluding carboxylic acids is 1. The molecule has 1 atom stereocenters. The van der Waals surface area contributed by atoms with Gasteiger partial charge in [-0.05, 0) is 26.7 Å². The van der Waals surface area contributed by atoms with Gasteiger partial charge < -0.3 is 9.84 Å². The van der Waals surface area contributed by atoms with Crippen molar-refractivity contribution >= 4 is 15.7 Å². The van der Waals surface area contributed by atoms with Crippen LogP contribution < -0.4 is 5.32 Å². The molecule has 0 aliphatic rings. The van der Waals surface area contributed by atoms with Crippen LogP contribution >= 0.6 is 0 Å². The van der Waals surface area contributed by atoms with Gasteiger partial charge in [0.1, 0.15) is 11.5 Å². The van der Waals surface area contributed by atoms with E-state index in [-0.39, 0.29) is 17.7 Å². The summed E-state index contributed by atoms with van der Waals surface area (Å²) in [5, 5.41) is 6.40. The SMILES string of the molecule is Cc1noc(C)c1CS(=O)(=O)CC(=O)NC(C)C(C)C. The van der Waals surface area contributed by atoms with Gasteiger partial charge in [-0.2, -0.15) is 0 Å². The number of hydrogen-bond acceptors (Lipinski definition) is 5. The lowest BCUT2D eigenvalue weighted by Crippen LogP contribution is -2.39. The second-order valence-electron chi connectivity index (χ2n) is 5.44. The number of nitrogens with zero attached hydrogens (tertiary/aromatic N) is 1. The van der Waals surface area contributed by atoms with Crippen LogP contribution in [-0.4, -0.2) is 31.3 Å². The molecule has 0 aliphatic carbocycles. The molecule has 0 spiro atoms. The van der Waals surface area contributed by atoms with Crippen LogP contribution in [0.4, 0.5) is 0 Å². The molecule has 20 heavy (non-hydrogen) atoms. The van der Waals surface area contributed by atoms with Crippen LogP contribution in [0.25, 0.3) is 0 Å². The molecular weight excluding hydrogens is 280 g/mol. The summed E-state index contributed by atoms with van der Waals surface area (Å²) in [7, 11) is -3.53. The Morgan fingerprint density at radius 2 is 1.90 bits per heavy atom. The maximum Gasteiger partial charge on any atom is 0.235 e. The van der Waals surface area contributed by atoms with Gasteiger partial charge in [0.25, 0.3) is 0 Å². The second kappa shape index (κ2) is 6.39. The Kier molecular flexibility index (Phi) is 5.33.